The molecule has 2 fully saturated rings. The van der Waals surface area contributed by atoms with E-state index in [1.807, 2.05) is 0 Å². The summed E-state index contributed by atoms with van der Waals surface area (Å²) in [6, 6.07) is 7.15. The highest BCUT2D eigenvalue weighted by atomic mass is 35.5. The molecular formula is C20H32Cl2N4O3. The number of rotatable bonds is 7. The van der Waals surface area contributed by atoms with Crippen molar-refractivity contribution in [1.82, 2.24) is 10.2 Å². The molecule has 1 aromatic carbocycles. The Morgan fingerprint density at radius 3 is 2.41 bits per heavy atom. The second kappa shape index (κ2) is 13.0. The van der Waals surface area contributed by atoms with Crippen LogP contribution in [0.5, 0.6) is 0 Å². The molecule has 1 saturated heterocycles. The number of carbonyl (C=O) groups is 2. The van der Waals surface area contributed by atoms with Crippen LogP contribution < -0.4 is 16.4 Å². The predicted octanol–water partition coefficient (Wildman–Crippen LogP) is 2.05. The van der Waals surface area contributed by atoms with E-state index in [2.05, 4.69) is 15.5 Å². The molecule has 164 valence electrons. The molecule has 0 unspecified atom stereocenters. The molecule has 3 rings (SSSR count). The largest absolute Gasteiger partial charge is 0.379 e. The number of hydrogen-bond acceptors (Lipinski definition) is 5. The van der Waals surface area contributed by atoms with E-state index in [4.69, 9.17) is 10.5 Å². The first-order valence-electron chi connectivity index (χ1n) is 9.85. The first-order valence-corrected chi connectivity index (χ1v) is 9.85. The number of halogens is 2. The third kappa shape index (κ3) is 8.10. The standard InChI is InChI=1S/C20H30N4O3.2ClH/c21-18-3-1-2-16(18)14-19(25)23-17-6-4-15(5-7-17)20(26)22-8-9-24-10-12-27-13-11-24;;/h4-7,16,18H,1-3,8-14,21H2,(H,22,26)(H,23,25);2*1H/t16-,18+;;/m0../s1. The van der Waals surface area contributed by atoms with Gasteiger partial charge in [-0.25, -0.2) is 0 Å². The minimum absolute atomic E-state index is 0. The van der Waals surface area contributed by atoms with Crippen LogP contribution in [-0.2, 0) is 9.53 Å². The van der Waals surface area contributed by atoms with Gasteiger partial charge in [0, 0.05) is 49.9 Å². The fourth-order valence-electron chi connectivity index (χ4n) is 3.73. The third-order valence-corrected chi connectivity index (χ3v) is 5.41. The number of anilines is 1. The van der Waals surface area contributed by atoms with Crippen molar-refractivity contribution < 1.29 is 14.3 Å². The van der Waals surface area contributed by atoms with Crippen molar-refractivity contribution in [2.75, 3.05) is 44.7 Å². The Kier molecular flexibility index (Phi) is 11.5. The van der Waals surface area contributed by atoms with Gasteiger partial charge in [0.05, 0.1) is 13.2 Å². The summed E-state index contributed by atoms with van der Waals surface area (Å²) in [7, 11) is 0. The Balaban J connectivity index is 0.00000210. The SMILES string of the molecule is Cl.Cl.N[C@@H]1CCC[C@H]1CC(=O)Nc1ccc(C(=O)NCCN2CCOCC2)cc1. The van der Waals surface area contributed by atoms with Crippen molar-refractivity contribution in [3.05, 3.63) is 29.8 Å². The van der Waals surface area contributed by atoms with Gasteiger partial charge in [0.2, 0.25) is 5.91 Å². The van der Waals surface area contributed by atoms with Gasteiger partial charge in [-0.1, -0.05) is 6.42 Å². The molecule has 1 saturated carbocycles. The molecule has 1 heterocycles. The van der Waals surface area contributed by atoms with E-state index >= 15 is 0 Å². The summed E-state index contributed by atoms with van der Waals surface area (Å²) >= 11 is 0. The fraction of sp³-hybridized carbons (Fsp3) is 0.600. The van der Waals surface area contributed by atoms with Gasteiger partial charge >= 0.3 is 0 Å². The lowest BCUT2D eigenvalue weighted by atomic mass is 10.00. The maximum Gasteiger partial charge on any atom is 0.251 e. The minimum Gasteiger partial charge on any atom is -0.379 e. The van der Waals surface area contributed by atoms with Crippen LogP contribution in [0.15, 0.2) is 24.3 Å². The molecule has 0 aromatic heterocycles. The summed E-state index contributed by atoms with van der Waals surface area (Å²) in [6.45, 7) is 4.78. The number of nitrogens with zero attached hydrogens (tertiary/aromatic N) is 1. The Labute approximate surface area is 184 Å². The van der Waals surface area contributed by atoms with Crippen LogP contribution in [0.4, 0.5) is 5.69 Å². The number of carbonyl (C=O) groups excluding carboxylic acids is 2. The fourth-order valence-corrected chi connectivity index (χ4v) is 3.73. The molecule has 2 atom stereocenters. The van der Waals surface area contributed by atoms with Crippen LogP contribution in [0.1, 0.15) is 36.0 Å². The van der Waals surface area contributed by atoms with Crippen molar-refractivity contribution >= 4 is 42.3 Å². The summed E-state index contributed by atoms with van der Waals surface area (Å²) in [4.78, 5) is 26.7. The minimum atomic E-state index is -0.0990. The molecule has 1 aromatic rings. The maximum atomic E-state index is 12.2. The van der Waals surface area contributed by atoms with Crippen LogP contribution in [0.2, 0.25) is 0 Å². The summed E-state index contributed by atoms with van der Waals surface area (Å²) in [6.07, 6.45) is 3.60. The van der Waals surface area contributed by atoms with Crippen LogP contribution >= 0.6 is 24.8 Å². The second-order valence-electron chi connectivity index (χ2n) is 7.39. The summed E-state index contributed by atoms with van der Waals surface area (Å²) in [5.74, 6) is 0.166. The van der Waals surface area contributed by atoms with Crippen LogP contribution in [0, 0.1) is 5.92 Å². The van der Waals surface area contributed by atoms with Crippen molar-refractivity contribution in [3.8, 4) is 0 Å². The first kappa shape index (κ1) is 25.7. The highest BCUT2D eigenvalue weighted by Crippen LogP contribution is 2.27. The molecule has 7 nitrogen and oxygen atoms in total. The van der Waals surface area contributed by atoms with E-state index in [-0.39, 0.29) is 48.6 Å². The second-order valence-corrected chi connectivity index (χ2v) is 7.39. The Morgan fingerprint density at radius 2 is 1.79 bits per heavy atom. The number of ether oxygens (including phenoxy) is 1. The molecule has 4 N–H and O–H groups in total. The monoisotopic (exact) mass is 446 g/mol. The zero-order chi connectivity index (χ0) is 19.1. The zero-order valence-electron chi connectivity index (χ0n) is 16.6. The highest BCUT2D eigenvalue weighted by Gasteiger charge is 2.26. The summed E-state index contributed by atoms with van der Waals surface area (Å²) in [5, 5.41) is 5.83. The Morgan fingerprint density at radius 1 is 1.10 bits per heavy atom. The molecule has 2 aliphatic rings. The summed E-state index contributed by atoms with van der Waals surface area (Å²) in [5.41, 5.74) is 7.32. The van der Waals surface area contributed by atoms with Crippen LogP contribution in [0.3, 0.4) is 0 Å². The number of benzene rings is 1. The van der Waals surface area contributed by atoms with Crippen LogP contribution in [0.25, 0.3) is 0 Å². The van der Waals surface area contributed by atoms with Gasteiger partial charge in [-0.05, 0) is 43.0 Å². The first-order chi connectivity index (χ1) is 13.1. The van der Waals surface area contributed by atoms with Crippen LogP contribution in [-0.4, -0.2) is 62.1 Å². The Bertz CT molecular complexity index is 639. The van der Waals surface area contributed by atoms with Gasteiger partial charge in [-0.3, -0.25) is 14.5 Å². The van der Waals surface area contributed by atoms with Crippen molar-refractivity contribution in [3.63, 3.8) is 0 Å². The zero-order valence-corrected chi connectivity index (χ0v) is 18.2. The van der Waals surface area contributed by atoms with Gasteiger partial charge in [-0.2, -0.15) is 0 Å². The third-order valence-electron chi connectivity index (χ3n) is 5.41. The molecule has 29 heavy (non-hydrogen) atoms. The molecule has 0 bridgehead atoms. The molecule has 2 amide bonds. The summed E-state index contributed by atoms with van der Waals surface area (Å²) < 4.78 is 5.31. The Hall–Kier alpha value is -1.38. The lowest BCUT2D eigenvalue weighted by molar-refractivity contribution is -0.117. The molecular weight excluding hydrogens is 415 g/mol. The number of morpholine rings is 1. The molecule has 1 aliphatic heterocycles. The quantitative estimate of drug-likeness (QED) is 0.595. The maximum absolute atomic E-state index is 12.2. The number of hydrogen-bond donors (Lipinski definition) is 3. The topological polar surface area (TPSA) is 96.7 Å². The van der Waals surface area contributed by atoms with E-state index in [0.717, 1.165) is 52.1 Å². The number of nitrogens with one attached hydrogen (secondary N) is 2. The molecule has 9 heteroatoms. The van der Waals surface area contributed by atoms with E-state index < -0.39 is 0 Å². The number of amides is 2. The average Bonchev–Trinajstić information content (AvgIpc) is 3.07. The van der Waals surface area contributed by atoms with E-state index in [0.29, 0.717) is 24.2 Å². The normalized spacial score (nSPS) is 21.6. The van der Waals surface area contributed by atoms with E-state index in [9.17, 15) is 9.59 Å². The predicted molar refractivity (Wildman–Crippen MR) is 119 cm³/mol. The molecule has 0 radical (unpaired) electrons. The van der Waals surface area contributed by atoms with E-state index in [1.54, 1.807) is 24.3 Å². The van der Waals surface area contributed by atoms with Crippen molar-refractivity contribution in [1.29, 1.82) is 0 Å². The lowest BCUT2D eigenvalue weighted by Crippen LogP contribution is -2.41. The van der Waals surface area contributed by atoms with Gasteiger partial charge in [-0.15, -0.1) is 24.8 Å². The number of nitrogens with two attached hydrogens (primary N) is 1. The molecule has 0 spiro atoms. The lowest BCUT2D eigenvalue weighted by Gasteiger charge is -2.26. The smallest absolute Gasteiger partial charge is 0.251 e. The van der Waals surface area contributed by atoms with Gasteiger partial charge < -0.3 is 21.1 Å². The van der Waals surface area contributed by atoms with E-state index in [1.165, 1.54) is 0 Å². The molecule has 1 aliphatic carbocycles. The van der Waals surface area contributed by atoms with Gasteiger partial charge in [0.15, 0.2) is 0 Å². The van der Waals surface area contributed by atoms with Gasteiger partial charge in [0.25, 0.3) is 5.91 Å². The van der Waals surface area contributed by atoms with Gasteiger partial charge in [0.1, 0.15) is 0 Å². The van der Waals surface area contributed by atoms with Crippen molar-refractivity contribution in [2.45, 2.75) is 31.7 Å². The van der Waals surface area contributed by atoms with Crippen molar-refractivity contribution in [2.24, 2.45) is 11.7 Å². The average molecular weight is 447 g/mol. The highest BCUT2D eigenvalue weighted by molar-refractivity contribution is 5.95.